The number of hydrogen-bond acceptors (Lipinski definition) is 2. The first kappa shape index (κ1) is 10.2. The number of carbonyl (C=O) groups is 1. The number of nitrogens with one attached hydrogen (secondary N) is 2. The van der Waals surface area contributed by atoms with Crippen LogP contribution in [0, 0.1) is 5.92 Å². The highest BCUT2D eigenvalue weighted by atomic mass is 16.2. The van der Waals surface area contributed by atoms with Gasteiger partial charge in [0.15, 0.2) is 0 Å². The third-order valence-corrected chi connectivity index (χ3v) is 1.27. The number of urea groups is 1. The molecule has 66 valence electrons. The third-order valence-electron chi connectivity index (χ3n) is 1.27. The molecule has 11 heavy (non-hydrogen) atoms. The fourth-order valence-electron chi connectivity index (χ4n) is 0.960. The lowest BCUT2D eigenvalue weighted by Crippen LogP contribution is -2.46. The van der Waals surface area contributed by atoms with Gasteiger partial charge in [-0.1, -0.05) is 13.8 Å². The molecule has 4 N–H and O–H groups in total. The van der Waals surface area contributed by atoms with E-state index in [0.29, 0.717) is 5.92 Å². The van der Waals surface area contributed by atoms with Crippen LogP contribution in [0.5, 0.6) is 0 Å². The van der Waals surface area contributed by atoms with Crippen molar-refractivity contribution in [3.05, 3.63) is 0 Å². The SMILES string of the molecule is CC(C)CC(C)NNC(N)=O. The van der Waals surface area contributed by atoms with Crippen molar-refractivity contribution in [3.63, 3.8) is 0 Å². The average Bonchev–Trinajstić information content (AvgIpc) is 1.82. The number of carbonyl (C=O) groups excluding carboxylic acids is 1. The zero-order chi connectivity index (χ0) is 8.85. The highest BCUT2D eigenvalue weighted by Crippen LogP contribution is 2.02. The zero-order valence-corrected chi connectivity index (χ0v) is 7.35. The molecule has 2 amide bonds. The minimum absolute atomic E-state index is 0.266. The standard InChI is InChI=1S/C7H17N3O/c1-5(2)4-6(3)9-10-7(8)11/h5-6,9H,4H2,1-3H3,(H3,8,10,11). The van der Waals surface area contributed by atoms with E-state index in [1.165, 1.54) is 0 Å². The van der Waals surface area contributed by atoms with E-state index in [9.17, 15) is 4.79 Å². The highest BCUT2D eigenvalue weighted by molar-refractivity contribution is 5.70. The minimum atomic E-state index is -0.541. The Morgan fingerprint density at radius 1 is 1.45 bits per heavy atom. The molecule has 1 unspecified atom stereocenters. The van der Waals surface area contributed by atoms with Gasteiger partial charge in [0.2, 0.25) is 0 Å². The Hall–Kier alpha value is -0.770. The van der Waals surface area contributed by atoms with E-state index in [0.717, 1.165) is 6.42 Å². The van der Waals surface area contributed by atoms with Crippen LogP contribution in [0.2, 0.25) is 0 Å². The van der Waals surface area contributed by atoms with Gasteiger partial charge in [0, 0.05) is 6.04 Å². The van der Waals surface area contributed by atoms with Crippen LogP contribution in [-0.4, -0.2) is 12.1 Å². The van der Waals surface area contributed by atoms with Crippen LogP contribution < -0.4 is 16.6 Å². The van der Waals surface area contributed by atoms with E-state index in [1.54, 1.807) is 0 Å². The van der Waals surface area contributed by atoms with E-state index in [4.69, 9.17) is 5.73 Å². The van der Waals surface area contributed by atoms with Crippen LogP contribution in [0.4, 0.5) is 4.79 Å². The van der Waals surface area contributed by atoms with Crippen LogP contribution in [0.15, 0.2) is 0 Å². The molecule has 1 atom stereocenters. The number of rotatable bonds is 4. The van der Waals surface area contributed by atoms with Gasteiger partial charge in [-0.05, 0) is 19.3 Å². The second kappa shape index (κ2) is 4.96. The van der Waals surface area contributed by atoms with Crippen molar-refractivity contribution >= 4 is 6.03 Å². The quantitative estimate of drug-likeness (QED) is 0.526. The van der Waals surface area contributed by atoms with Crippen LogP contribution >= 0.6 is 0 Å². The summed E-state index contributed by atoms with van der Waals surface area (Å²) in [4.78, 5) is 10.2. The maximum Gasteiger partial charge on any atom is 0.326 e. The summed E-state index contributed by atoms with van der Waals surface area (Å²) in [6, 6.07) is -0.275. The maximum atomic E-state index is 10.2. The molecule has 0 spiro atoms. The maximum absolute atomic E-state index is 10.2. The first-order chi connectivity index (χ1) is 5.02. The van der Waals surface area contributed by atoms with Gasteiger partial charge in [0.25, 0.3) is 0 Å². The smallest absolute Gasteiger partial charge is 0.326 e. The topological polar surface area (TPSA) is 67.2 Å². The van der Waals surface area contributed by atoms with Crippen molar-refractivity contribution in [3.8, 4) is 0 Å². The Kier molecular flexibility index (Phi) is 4.61. The Balaban J connectivity index is 3.37. The molecule has 4 nitrogen and oxygen atoms in total. The van der Waals surface area contributed by atoms with Crippen LogP contribution in [0.1, 0.15) is 27.2 Å². The van der Waals surface area contributed by atoms with E-state index in [1.807, 2.05) is 6.92 Å². The van der Waals surface area contributed by atoms with E-state index < -0.39 is 6.03 Å². The molecule has 0 saturated heterocycles. The van der Waals surface area contributed by atoms with Crippen molar-refractivity contribution in [2.45, 2.75) is 33.2 Å². The van der Waals surface area contributed by atoms with Gasteiger partial charge in [0.1, 0.15) is 0 Å². The number of amides is 2. The summed E-state index contributed by atoms with van der Waals surface area (Å²) in [7, 11) is 0. The molecular formula is C7H17N3O. The molecule has 0 aromatic heterocycles. The van der Waals surface area contributed by atoms with Crippen LogP contribution in [-0.2, 0) is 0 Å². The molecule has 0 saturated carbocycles. The molecule has 0 rings (SSSR count). The molecule has 0 heterocycles. The molecule has 0 radical (unpaired) electrons. The lowest BCUT2D eigenvalue weighted by atomic mass is 10.1. The fourth-order valence-corrected chi connectivity index (χ4v) is 0.960. The molecule has 0 fully saturated rings. The highest BCUT2D eigenvalue weighted by Gasteiger charge is 2.03. The minimum Gasteiger partial charge on any atom is -0.351 e. The van der Waals surface area contributed by atoms with Crippen molar-refractivity contribution in [2.75, 3.05) is 0 Å². The first-order valence-corrected chi connectivity index (χ1v) is 3.83. The van der Waals surface area contributed by atoms with Gasteiger partial charge in [-0.25, -0.2) is 10.2 Å². The monoisotopic (exact) mass is 159 g/mol. The van der Waals surface area contributed by atoms with Gasteiger partial charge in [-0.15, -0.1) is 0 Å². The van der Waals surface area contributed by atoms with Crippen molar-refractivity contribution in [2.24, 2.45) is 11.7 Å². The molecule has 0 aliphatic carbocycles. The summed E-state index contributed by atoms with van der Waals surface area (Å²) >= 11 is 0. The molecule has 4 heteroatoms. The van der Waals surface area contributed by atoms with Crippen molar-refractivity contribution in [1.29, 1.82) is 0 Å². The van der Waals surface area contributed by atoms with Crippen molar-refractivity contribution < 1.29 is 4.79 Å². The first-order valence-electron chi connectivity index (χ1n) is 3.83. The van der Waals surface area contributed by atoms with Gasteiger partial charge in [0.05, 0.1) is 0 Å². The van der Waals surface area contributed by atoms with Crippen molar-refractivity contribution in [1.82, 2.24) is 10.9 Å². The predicted octanol–water partition coefficient (Wildman–Crippen LogP) is 0.594. The summed E-state index contributed by atoms with van der Waals surface area (Å²) in [5.41, 5.74) is 9.99. The zero-order valence-electron chi connectivity index (χ0n) is 7.35. The van der Waals surface area contributed by atoms with E-state index in [-0.39, 0.29) is 6.04 Å². The largest absolute Gasteiger partial charge is 0.351 e. The summed E-state index contributed by atoms with van der Waals surface area (Å²) in [5, 5.41) is 0. The molecule has 0 aromatic rings. The second-order valence-electron chi connectivity index (χ2n) is 3.16. The summed E-state index contributed by atoms with van der Waals surface area (Å²) < 4.78 is 0. The van der Waals surface area contributed by atoms with Gasteiger partial charge >= 0.3 is 6.03 Å². The fraction of sp³-hybridized carbons (Fsp3) is 0.857. The molecule has 0 bridgehead atoms. The lowest BCUT2D eigenvalue weighted by molar-refractivity contribution is 0.241. The second-order valence-corrected chi connectivity index (χ2v) is 3.16. The Bertz CT molecular complexity index is 125. The van der Waals surface area contributed by atoms with E-state index >= 15 is 0 Å². The van der Waals surface area contributed by atoms with Crippen LogP contribution in [0.25, 0.3) is 0 Å². The molecule has 0 aliphatic rings. The third kappa shape index (κ3) is 7.12. The Labute approximate surface area is 67.5 Å². The Morgan fingerprint density at radius 3 is 2.36 bits per heavy atom. The van der Waals surface area contributed by atoms with Crippen LogP contribution in [0.3, 0.4) is 0 Å². The number of hydrazine groups is 1. The van der Waals surface area contributed by atoms with Gasteiger partial charge in [-0.3, -0.25) is 5.43 Å². The number of primary amides is 1. The lowest BCUT2D eigenvalue weighted by Gasteiger charge is -2.15. The van der Waals surface area contributed by atoms with Gasteiger partial charge < -0.3 is 5.73 Å². The summed E-state index contributed by atoms with van der Waals surface area (Å²) in [6.45, 7) is 6.25. The molecular weight excluding hydrogens is 142 g/mol. The molecule has 0 aromatic carbocycles. The van der Waals surface area contributed by atoms with E-state index in [2.05, 4.69) is 24.7 Å². The predicted molar refractivity (Wildman–Crippen MR) is 44.8 cm³/mol. The number of hydrogen-bond donors (Lipinski definition) is 3. The average molecular weight is 159 g/mol. The molecule has 0 aliphatic heterocycles. The normalized spacial score (nSPS) is 13.1. The Morgan fingerprint density at radius 2 is 2.00 bits per heavy atom. The summed E-state index contributed by atoms with van der Waals surface area (Å²) in [6.07, 6.45) is 1.01. The van der Waals surface area contributed by atoms with Gasteiger partial charge in [-0.2, -0.15) is 0 Å². The summed E-state index contributed by atoms with van der Waals surface area (Å²) in [5.74, 6) is 0.618. The number of nitrogens with two attached hydrogens (primary N) is 1.